The second kappa shape index (κ2) is 11.0. The fourth-order valence-electron chi connectivity index (χ4n) is 4.01. The van der Waals surface area contributed by atoms with E-state index in [1.54, 1.807) is 7.11 Å². The van der Waals surface area contributed by atoms with Crippen molar-refractivity contribution in [1.82, 2.24) is 0 Å². The molecule has 0 unspecified atom stereocenters. The minimum absolute atomic E-state index is 0.207. The van der Waals surface area contributed by atoms with Gasteiger partial charge in [-0.3, -0.25) is 4.79 Å². The van der Waals surface area contributed by atoms with Crippen LogP contribution in [0.3, 0.4) is 0 Å². The number of anilines is 1. The van der Waals surface area contributed by atoms with E-state index in [9.17, 15) is 4.79 Å². The molecule has 0 aliphatic carbocycles. The van der Waals surface area contributed by atoms with Gasteiger partial charge in [-0.1, -0.05) is 72.3 Å². The third kappa shape index (κ3) is 5.45. The van der Waals surface area contributed by atoms with Crippen LogP contribution in [0.25, 0.3) is 6.08 Å². The number of methoxy groups -OCH3 is 1. The van der Waals surface area contributed by atoms with Gasteiger partial charge < -0.3 is 9.47 Å². The van der Waals surface area contributed by atoms with E-state index in [1.165, 1.54) is 5.01 Å². The molecule has 4 aromatic rings. The summed E-state index contributed by atoms with van der Waals surface area (Å²) in [6.07, 6.45) is 1.82. The van der Waals surface area contributed by atoms with E-state index >= 15 is 0 Å². The number of nitrogens with zero attached hydrogens (tertiary/aromatic N) is 2. The van der Waals surface area contributed by atoms with Gasteiger partial charge in [-0.05, 0) is 69.5 Å². The SMILES string of the molecule is COc1cc(/C=C2\C(=O)N(c3ccccc3)N=C2c2ccccc2)cc(Br)c1OCc1cccc(Cl)c1. The normalized spacial score (nSPS) is 14.1. The Morgan fingerprint density at radius 3 is 2.38 bits per heavy atom. The molecule has 1 amide bonds. The highest BCUT2D eigenvalue weighted by Crippen LogP contribution is 2.38. The number of hydrazone groups is 1. The number of halogens is 2. The first-order valence-corrected chi connectivity index (χ1v) is 12.7. The van der Waals surface area contributed by atoms with Crippen LogP contribution >= 0.6 is 27.5 Å². The molecule has 0 aromatic heterocycles. The minimum atomic E-state index is -0.207. The summed E-state index contributed by atoms with van der Waals surface area (Å²) >= 11 is 9.71. The summed E-state index contributed by atoms with van der Waals surface area (Å²) in [6.45, 7) is 0.325. The molecule has 0 atom stereocenters. The van der Waals surface area contributed by atoms with Gasteiger partial charge in [0.05, 0.1) is 22.8 Å². The van der Waals surface area contributed by atoms with Crippen molar-refractivity contribution in [3.05, 3.63) is 129 Å². The fourth-order valence-corrected chi connectivity index (χ4v) is 4.80. The molecule has 5 nitrogen and oxygen atoms in total. The Balaban J connectivity index is 1.50. The zero-order valence-electron chi connectivity index (χ0n) is 19.9. The van der Waals surface area contributed by atoms with Crippen molar-refractivity contribution < 1.29 is 14.3 Å². The Labute approximate surface area is 228 Å². The summed E-state index contributed by atoms with van der Waals surface area (Å²) in [5.41, 5.74) is 4.35. The molecule has 0 fully saturated rings. The maximum atomic E-state index is 13.6. The van der Waals surface area contributed by atoms with Gasteiger partial charge >= 0.3 is 0 Å². The van der Waals surface area contributed by atoms with E-state index < -0.39 is 0 Å². The molecule has 0 saturated carbocycles. The quantitative estimate of drug-likeness (QED) is 0.215. The van der Waals surface area contributed by atoms with Crippen LogP contribution in [0.2, 0.25) is 5.02 Å². The summed E-state index contributed by atoms with van der Waals surface area (Å²) in [5.74, 6) is 0.887. The lowest BCUT2D eigenvalue weighted by Gasteiger charge is -2.14. The third-order valence-electron chi connectivity index (χ3n) is 5.76. The Hall–Kier alpha value is -3.87. The van der Waals surface area contributed by atoms with Crippen molar-refractivity contribution in [2.45, 2.75) is 6.61 Å². The van der Waals surface area contributed by atoms with Crippen LogP contribution in [0.1, 0.15) is 16.7 Å². The number of benzene rings is 4. The number of hydrogen-bond donors (Lipinski definition) is 0. The molecule has 0 bridgehead atoms. The monoisotopic (exact) mass is 572 g/mol. The number of carbonyl (C=O) groups excluding carboxylic acids is 1. The molecule has 37 heavy (non-hydrogen) atoms. The molecule has 1 heterocycles. The van der Waals surface area contributed by atoms with Crippen LogP contribution in [-0.2, 0) is 11.4 Å². The summed E-state index contributed by atoms with van der Waals surface area (Å²) in [6, 6.07) is 30.3. The second-order valence-electron chi connectivity index (χ2n) is 8.28. The molecule has 184 valence electrons. The summed E-state index contributed by atoms with van der Waals surface area (Å²) in [4.78, 5) is 13.6. The predicted molar refractivity (Wildman–Crippen MR) is 151 cm³/mol. The summed E-state index contributed by atoms with van der Waals surface area (Å²) < 4.78 is 12.4. The Morgan fingerprint density at radius 1 is 0.946 bits per heavy atom. The number of hydrogen-bond acceptors (Lipinski definition) is 4. The van der Waals surface area contributed by atoms with Gasteiger partial charge in [-0.15, -0.1) is 0 Å². The Morgan fingerprint density at radius 2 is 1.68 bits per heavy atom. The highest BCUT2D eigenvalue weighted by molar-refractivity contribution is 9.10. The maximum absolute atomic E-state index is 13.6. The molecule has 5 rings (SSSR count). The molecule has 0 saturated heterocycles. The fraction of sp³-hybridized carbons (Fsp3) is 0.0667. The standard InChI is InChI=1S/C30H22BrClN2O3/c1-36-27-18-21(17-26(31)29(27)37-19-20-9-8-12-23(32)15-20)16-25-28(22-10-4-2-5-11-22)33-34(30(25)35)24-13-6-3-7-14-24/h2-18H,19H2,1H3/b25-16-. The Bertz CT molecular complexity index is 1500. The molecule has 4 aromatic carbocycles. The van der Waals surface area contributed by atoms with E-state index in [2.05, 4.69) is 15.9 Å². The number of para-hydroxylation sites is 1. The van der Waals surface area contributed by atoms with Crippen LogP contribution < -0.4 is 14.5 Å². The van der Waals surface area contributed by atoms with Gasteiger partial charge in [0.1, 0.15) is 12.3 Å². The average molecular weight is 574 g/mol. The highest BCUT2D eigenvalue weighted by Gasteiger charge is 2.32. The first-order chi connectivity index (χ1) is 18.0. The zero-order chi connectivity index (χ0) is 25.8. The van der Waals surface area contributed by atoms with Gasteiger partial charge in [0.2, 0.25) is 0 Å². The number of ether oxygens (including phenoxy) is 2. The van der Waals surface area contributed by atoms with E-state index in [0.29, 0.717) is 44.6 Å². The van der Waals surface area contributed by atoms with Crippen molar-refractivity contribution in [3.63, 3.8) is 0 Å². The van der Waals surface area contributed by atoms with Crippen LogP contribution in [0, 0.1) is 0 Å². The zero-order valence-corrected chi connectivity index (χ0v) is 22.2. The van der Waals surface area contributed by atoms with Crippen molar-refractivity contribution in [1.29, 1.82) is 0 Å². The minimum Gasteiger partial charge on any atom is -0.493 e. The topological polar surface area (TPSA) is 51.1 Å². The number of rotatable bonds is 7. The van der Waals surface area contributed by atoms with Gasteiger partial charge in [0.25, 0.3) is 5.91 Å². The van der Waals surface area contributed by atoms with Crippen molar-refractivity contribution in [3.8, 4) is 11.5 Å². The van der Waals surface area contributed by atoms with Crippen LogP contribution in [0.5, 0.6) is 11.5 Å². The van der Waals surface area contributed by atoms with Gasteiger partial charge in [-0.2, -0.15) is 10.1 Å². The third-order valence-corrected chi connectivity index (χ3v) is 6.59. The number of carbonyl (C=O) groups is 1. The molecule has 1 aliphatic rings. The first kappa shape index (κ1) is 24.8. The maximum Gasteiger partial charge on any atom is 0.281 e. The smallest absolute Gasteiger partial charge is 0.281 e. The second-order valence-corrected chi connectivity index (χ2v) is 9.57. The van der Waals surface area contributed by atoms with Crippen LogP contribution in [0.4, 0.5) is 5.69 Å². The van der Waals surface area contributed by atoms with Gasteiger partial charge in [-0.25, -0.2) is 0 Å². The molecule has 1 aliphatic heterocycles. The van der Waals surface area contributed by atoms with E-state index in [-0.39, 0.29) is 5.91 Å². The molecule has 7 heteroatoms. The average Bonchev–Trinajstić information content (AvgIpc) is 3.24. The molecule has 0 N–H and O–H groups in total. The molecular weight excluding hydrogens is 552 g/mol. The molecule has 0 spiro atoms. The van der Waals surface area contributed by atoms with Crippen LogP contribution in [0.15, 0.2) is 112 Å². The first-order valence-electron chi connectivity index (χ1n) is 11.5. The lowest BCUT2D eigenvalue weighted by molar-refractivity contribution is -0.114. The molecular formula is C30H22BrClN2O3. The largest absolute Gasteiger partial charge is 0.493 e. The molecule has 0 radical (unpaired) electrons. The lowest BCUT2D eigenvalue weighted by Crippen LogP contribution is -2.21. The van der Waals surface area contributed by atoms with Crippen LogP contribution in [-0.4, -0.2) is 18.7 Å². The predicted octanol–water partition coefficient (Wildman–Crippen LogP) is 7.52. The van der Waals surface area contributed by atoms with Crippen molar-refractivity contribution in [2.24, 2.45) is 5.10 Å². The van der Waals surface area contributed by atoms with Gasteiger partial charge in [0.15, 0.2) is 11.5 Å². The number of amides is 1. The Kier molecular flexibility index (Phi) is 7.40. The highest BCUT2D eigenvalue weighted by atomic mass is 79.9. The van der Waals surface area contributed by atoms with Gasteiger partial charge in [0, 0.05) is 10.6 Å². The van der Waals surface area contributed by atoms with E-state index in [1.807, 2.05) is 103 Å². The lowest BCUT2D eigenvalue weighted by atomic mass is 10.00. The summed E-state index contributed by atoms with van der Waals surface area (Å²) in [7, 11) is 1.58. The van der Waals surface area contributed by atoms with E-state index in [0.717, 1.165) is 16.7 Å². The summed E-state index contributed by atoms with van der Waals surface area (Å²) in [5, 5.41) is 6.78. The van der Waals surface area contributed by atoms with E-state index in [4.69, 9.17) is 26.2 Å². The van der Waals surface area contributed by atoms with Crippen molar-refractivity contribution in [2.75, 3.05) is 12.1 Å². The van der Waals surface area contributed by atoms with Crippen molar-refractivity contribution >= 4 is 50.9 Å².